The van der Waals surface area contributed by atoms with Crippen LogP contribution in [0.5, 0.6) is 11.5 Å². The van der Waals surface area contributed by atoms with E-state index in [2.05, 4.69) is 10.2 Å². The summed E-state index contributed by atoms with van der Waals surface area (Å²) < 4.78 is 23.8. The number of ether oxygens (including phenoxy) is 2. The second kappa shape index (κ2) is 8.86. The first-order chi connectivity index (χ1) is 13.1. The Kier molecular flexibility index (Phi) is 6.29. The molecule has 0 bridgehead atoms. The number of halogens is 1. The van der Waals surface area contributed by atoms with Gasteiger partial charge in [-0.25, -0.2) is 4.39 Å². The summed E-state index contributed by atoms with van der Waals surface area (Å²) in [5.74, 6) is 0.658. The van der Waals surface area contributed by atoms with Crippen molar-refractivity contribution in [3.63, 3.8) is 0 Å². The highest BCUT2D eigenvalue weighted by molar-refractivity contribution is 5.94. The molecule has 1 aliphatic rings. The molecule has 3 rings (SSSR count). The minimum absolute atomic E-state index is 0.0252. The lowest BCUT2D eigenvalue weighted by atomic mass is 10.0. The van der Waals surface area contributed by atoms with Gasteiger partial charge in [0.15, 0.2) is 11.5 Å². The van der Waals surface area contributed by atoms with Gasteiger partial charge in [-0.3, -0.25) is 9.69 Å². The zero-order valence-corrected chi connectivity index (χ0v) is 15.7. The molecule has 1 amide bonds. The van der Waals surface area contributed by atoms with E-state index in [9.17, 15) is 9.18 Å². The maximum atomic E-state index is 13.3. The lowest BCUT2D eigenvalue weighted by Gasteiger charge is -2.28. The van der Waals surface area contributed by atoms with Gasteiger partial charge in [0.2, 0.25) is 0 Å². The molecule has 1 aliphatic heterocycles. The van der Waals surface area contributed by atoms with Crippen LogP contribution in [0.3, 0.4) is 0 Å². The van der Waals surface area contributed by atoms with Crippen molar-refractivity contribution >= 4 is 5.91 Å². The zero-order valence-electron chi connectivity index (χ0n) is 15.7. The van der Waals surface area contributed by atoms with Gasteiger partial charge in [0.05, 0.1) is 20.3 Å². The molecule has 2 aromatic rings. The Labute approximate surface area is 159 Å². The smallest absolute Gasteiger partial charge is 0.251 e. The Balaban J connectivity index is 1.73. The number of benzene rings is 2. The number of amides is 1. The average molecular weight is 372 g/mol. The molecule has 1 saturated heterocycles. The van der Waals surface area contributed by atoms with Gasteiger partial charge in [-0.05, 0) is 61.8 Å². The first-order valence-corrected chi connectivity index (χ1v) is 9.12. The molecule has 1 unspecified atom stereocenters. The number of nitrogens with one attached hydrogen (secondary N) is 1. The predicted molar refractivity (Wildman–Crippen MR) is 102 cm³/mol. The molecule has 2 aromatic carbocycles. The third kappa shape index (κ3) is 4.57. The van der Waals surface area contributed by atoms with E-state index in [1.165, 1.54) is 19.2 Å². The van der Waals surface area contributed by atoms with Gasteiger partial charge < -0.3 is 14.8 Å². The van der Waals surface area contributed by atoms with Gasteiger partial charge in [0, 0.05) is 12.1 Å². The van der Waals surface area contributed by atoms with Gasteiger partial charge in [0.1, 0.15) is 5.82 Å². The van der Waals surface area contributed by atoms with Crippen molar-refractivity contribution in [3.8, 4) is 11.5 Å². The van der Waals surface area contributed by atoms with Crippen molar-refractivity contribution in [2.24, 2.45) is 0 Å². The molecule has 1 fully saturated rings. The normalized spacial score (nSPS) is 15.4. The third-order valence-corrected chi connectivity index (χ3v) is 4.94. The van der Waals surface area contributed by atoms with Crippen LogP contribution in [0.1, 0.15) is 34.8 Å². The van der Waals surface area contributed by atoms with Crippen LogP contribution in [-0.2, 0) is 0 Å². The van der Waals surface area contributed by atoms with E-state index in [4.69, 9.17) is 9.47 Å². The van der Waals surface area contributed by atoms with E-state index in [1.54, 1.807) is 37.4 Å². The standard InChI is InChI=1S/C21H25FN2O3/c1-26-19-10-7-16(13-20(19)27-2)21(25)23-14-18(24-11-3-4-12-24)15-5-8-17(22)9-6-15/h5-10,13,18H,3-4,11-12,14H2,1-2H3,(H,23,25). The van der Waals surface area contributed by atoms with Crippen LogP contribution in [0.25, 0.3) is 0 Å². The highest BCUT2D eigenvalue weighted by atomic mass is 19.1. The number of carbonyl (C=O) groups is 1. The molecule has 6 heteroatoms. The van der Waals surface area contributed by atoms with Gasteiger partial charge in [-0.1, -0.05) is 12.1 Å². The van der Waals surface area contributed by atoms with Crippen LogP contribution in [0.4, 0.5) is 4.39 Å². The van der Waals surface area contributed by atoms with E-state index in [1.807, 2.05) is 0 Å². The van der Waals surface area contributed by atoms with Crippen molar-refractivity contribution in [3.05, 3.63) is 59.4 Å². The van der Waals surface area contributed by atoms with Gasteiger partial charge in [0.25, 0.3) is 5.91 Å². The lowest BCUT2D eigenvalue weighted by molar-refractivity contribution is 0.0937. The summed E-state index contributed by atoms with van der Waals surface area (Å²) in [6, 6.07) is 11.6. The number of rotatable bonds is 7. The summed E-state index contributed by atoms with van der Waals surface area (Å²) >= 11 is 0. The fourth-order valence-electron chi connectivity index (χ4n) is 3.46. The highest BCUT2D eigenvalue weighted by Gasteiger charge is 2.24. The predicted octanol–water partition coefficient (Wildman–Crippen LogP) is 3.41. The number of nitrogens with zero attached hydrogens (tertiary/aromatic N) is 1. The van der Waals surface area contributed by atoms with Gasteiger partial charge >= 0.3 is 0 Å². The van der Waals surface area contributed by atoms with Crippen LogP contribution in [0.15, 0.2) is 42.5 Å². The number of methoxy groups -OCH3 is 2. The molecule has 144 valence electrons. The van der Waals surface area contributed by atoms with Crippen LogP contribution in [-0.4, -0.2) is 44.7 Å². The molecule has 5 nitrogen and oxygen atoms in total. The Morgan fingerprint density at radius 1 is 1.07 bits per heavy atom. The molecule has 0 aliphatic carbocycles. The van der Waals surface area contributed by atoms with Crippen LogP contribution < -0.4 is 14.8 Å². The summed E-state index contributed by atoms with van der Waals surface area (Å²) in [6.45, 7) is 2.42. The maximum Gasteiger partial charge on any atom is 0.251 e. The fourth-order valence-corrected chi connectivity index (χ4v) is 3.46. The first kappa shape index (κ1) is 19.2. The molecule has 0 spiro atoms. The van der Waals surface area contributed by atoms with Crippen molar-refractivity contribution < 1.29 is 18.7 Å². The summed E-state index contributed by atoms with van der Waals surface area (Å²) in [5, 5.41) is 3.01. The summed E-state index contributed by atoms with van der Waals surface area (Å²) in [6.07, 6.45) is 2.28. The fraction of sp³-hybridized carbons (Fsp3) is 0.381. The number of hydrogen-bond donors (Lipinski definition) is 1. The Morgan fingerprint density at radius 3 is 2.37 bits per heavy atom. The minimum atomic E-state index is -0.256. The Morgan fingerprint density at radius 2 is 1.74 bits per heavy atom. The molecular formula is C21H25FN2O3. The number of carbonyl (C=O) groups excluding carboxylic acids is 1. The average Bonchev–Trinajstić information content (AvgIpc) is 3.23. The van der Waals surface area contributed by atoms with Crippen LogP contribution >= 0.6 is 0 Å². The summed E-state index contributed by atoms with van der Waals surface area (Å²) in [5.41, 5.74) is 1.51. The van der Waals surface area contributed by atoms with E-state index in [-0.39, 0.29) is 17.8 Å². The van der Waals surface area contributed by atoms with Crippen molar-refractivity contribution in [1.82, 2.24) is 10.2 Å². The van der Waals surface area contributed by atoms with Gasteiger partial charge in [-0.15, -0.1) is 0 Å². The Bertz CT molecular complexity index is 773. The molecule has 0 aromatic heterocycles. The topological polar surface area (TPSA) is 50.8 Å². The van der Waals surface area contributed by atoms with Crippen LogP contribution in [0.2, 0.25) is 0 Å². The summed E-state index contributed by atoms with van der Waals surface area (Å²) in [7, 11) is 3.10. The van der Waals surface area contributed by atoms with Crippen molar-refractivity contribution in [2.75, 3.05) is 33.9 Å². The maximum absolute atomic E-state index is 13.3. The van der Waals surface area contributed by atoms with Gasteiger partial charge in [-0.2, -0.15) is 0 Å². The second-order valence-corrected chi connectivity index (χ2v) is 6.59. The van der Waals surface area contributed by atoms with Crippen molar-refractivity contribution in [2.45, 2.75) is 18.9 Å². The molecule has 1 atom stereocenters. The van der Waals surface area contributed by atoms with E-state index in [0.29, 0.717) is 23.6 Å². The molecule has 1 heterocycles. The minimum Gasteiger partial charge on any atom is -0.493 e. The second-order valence-electron chi connectivity index (χ2n) is 6.59. The van der Waals surface area contributed by atoms with Crippen LogP contribution in [0, 0.1) is 5.82 Å². The molecule has 0 saturated carbocycles. The number of hydrogen-bond acceptors (Lipinski definition) is 4. The summed E-state index contributed by atoms with van der Waals surface area (Å²) in [4.78, 5) is 15.0. The number of likely N-dealkylation sites (tertiary alicyclic amines) is 1. The zero-order chi connectivity index (χ0) is 19.2. The van der Waals surface area contributed by atoms with E-state index in [0.717, 1.165) is 31.5 Å². The highest BCUT2D eigenvalue weighted by Crippen LogP contribution is 2.28. The first-order valence-electron chi connectivity index (χ1n) is 9.12. The van der Waals surface area contributed by atoms with Crippen molar-refractivity contribution in [1.29, 1.82) is 0 Å². The van der Waals surface area contributed by atoms with E-state index < -0.39 is 0 Å². The third-order valence-electron chi connectivity index (χ3n) is 4.94. The molecular weight excluding hydrogens is 347 g/mol. The molecule has 1 N–H and O–H groups in total. The quantitative estimate of drug-likeness (QED) is 0.809. The molecule has 0 radical (unpaired) electrons. The largest absolute Gasteiger partial charge is 0.493 e. The lowest BCUT2D eigenvalue weighted by Crippen LogP contribution is -2.36. The molecule has 27 heavy (non-hydrogen) atoms. The van der Waals surface area contributed by atoms with E-state index >= 15 is 0 Å². The monoisotopic (exact) mass is 372 g/mol. The SMILES string of the molecule is COc1ccc(C(=O)NCC(c2ccc(F)cc2)N2CCCC2)cc1OC. The Hall–Kier alpha value is -2.60.